The Kier molecular flexibility index (Phi) is 0.886. The summed E-state index contributed by atoms with van der Waals surface area (Å²) in [6, 6.07) is 0. The Morgan fingerprint density at radius 2 is 2.40 bits per heavy atom. The van der Waals surface area contributed by atoms with E-state index in [0.29, 0.717) is 5.69 Å². The fraction of sp³-hybridized carbons (Fsp3) is 0.571. The van der Waals surface area contributed by atoms with Gasteiger partial charge in [0.25, 0.3) is 0 Å². The highest BCUT2D eigenvalue weighted by Gasteiger charge is 2.44. The highest BCUT2D eigenvalue weighted by molar-refractivity contribution is 5.44. The lowest BCUT2D eigenvalue weighted by Crippen LogP contribution is -2.00. The van der Waals surface area contributed by atoms with Crippen LogP contribution in [0.25, 0.3) is 0 Å². The maximum atomic E-state index is 5.61. The van der Waals surface area contributed by atoms with Crippen molar-refractivity contribution in [2.75, 3.05) is 5.73 Å². The van der Waals surface area contributed by atoms with E-state index in [1.165, 1.54) is 12.8 Å². The SMILES string of the molecule is CC1(c2oncc2N)CC1. The van der Waals surface area contributed by atoms with E-state index in [1.54, 1.807) is 6.20 Å². The number of anilines is 1. The van der Waals surface area contributed by atoms with Crippen LogP contribution in [0.15, 0.2) is 10.7 Å². The van der Waals surface area contributed by atoms with Crippen LogP contribution in [0, 0.1) is 0 Å². The zero-order chi connectivity index (χ0) is 7.19. The van der Waals surface area contributed by atoms with Gasteiger partial charge in [0.1, 0.15) is 0 Å². The van der Waals surface area contributed by atoms with Gasteiger partial charge < -0.3 is 10.3 Å². The summed E-state index contributed by atoms with van der Waals surface area (Å²) >= 11 is 0. The van der Waals surface area contributed by atoms with Gasteiger partial charge >= 0.3 is 0 Å². The molecular weight excluding hydrogens is 128 g/mol. The van der Waals surface area contributed by atoms with Crippen molar-refractivity contribution < 1.29 is 4.52 Å². The molecule has 1 aliphatic carbocycles. The van der Waals surface area contributed by atoms with Crippen molar-refractivity contribution in [3.63, 3.8) is 0 Å². The molecule has 0 aliphatic heterocycles. The Bertz CT molecular complexity index is 250. The van der Waals surface area contributed by atoms with E-state index in [-0.39, 0.29) is 5.41 Å². The molecule has 1 fully saturated rings. The van der Waals surface area contributed by atoms with Gasteiger partial charge in [0.05, 0.1) is 11.9 Å². The van der Waals surface area contributed by atoms with E-state index in [2.05, 4.69) is 12.1 Å². The normalized spacial score (nSPS) is 20.9. The minimum absolute atomic E-state index is 0.209. The molecule has 1 saturated carbocycles. The number of rotatable bonds is 1. The van der Waals surface area contributed by atoms with Crippen LogP contribution in [0.3, 0.4) is 0 Å². The third-order valence-corrected chi connectivity index (χ3v) is 2.15. The van der Waals surface area contributed by atoms with E-state index in [1.807, 2.05) is 0 Å². The molecule has 0 aromatic carbocycles. The quantitative estimate of drug-likeness (QED) is 0.636. The summed E-state index contributed by atoms with van der Waals surface area (Å²) in [7, 11) is 0. The summed E-state index contributed by atoms with van der Waals surface area (Å²) in [5.74, 6) is 0.868. The van der Waals surface area contributed by atoms with Gasteiger partial charge in [-0.3, -0.25) is 0 Å². The maximum absolute atomic E-state index is 5.61. The first kappa shape index (κ1) is 5.77. The summed E-state index contributed by atoms with van der Waals surface area (Å²) < 4.78 is 5.02. The van der Waals surface area contributed by atoms with Gasteiger partial charge in [-0.15, -0.1) is 0 Å². The van der Waals surface area contributed by atoms with Crippen LogP contribution in [0.2, 0.25) is 0 Å². The third-order valence-electron chi connectivity index (χ3n) is 2.15. The molecule has 0 saturated heterocycles. The highest BCUT2D eigenvalue weighted by Crippen LogP contribution is 2.49. The molecule has 2 N–H and O–H groups in total. The molecule has 0 radical (unpaired) electrons. The molecule has 0 atom stereocenters. The molecule has 1 aromatic heterocycles. The summed E-state index contributed by atoms with van der Waals surface area (Å²) in [6.07, 6.45) is 3.91. The topological polar surface area (TPSA) is 52.0 Å². The number of nitrogens with zero attached hydrogens (tertiary/aromatic N) is 1. The van der Waals surface area contributed by atoms with E-state index in [4.69, 9.17) is 10.3 Å². The highest BCUT2D eigenvalue weighted by atomic mass is 16.5. The van der Waals surface area contributed by atoms with Crippen molar-refractivity contribution in [1.29, 1.82) is 0 Å². The van der Waals surface area contributed by atoms with Crippen molar-refractivity contribution in [1.82, 2.24) is 5.16 Å². The van der Waals surface area contributed by atoms with Crippen LogP contribution in [-0.4, -0.2) is 5.16 Å². The number of nitrogens with two attached hydrogens (primary N) is 1. The van der Waals surface area contributed by atoms with E-state index < -0.39 is 0 Å². The lowest BCUT2D eigenvalue weighted by molar-refractivity contribution is 0.360. The Hall–Kier alpha value is -0.990. The van der Waals surface area contributed by atoms with Gasteiger partial charge in [-0.2, -0.15) is 0 Å². The molecule has 0 unspecified atom stereocenters. The monoisotopic (exact) mass is 138 g/mol. The maximum Gasteiger partial charge on any atom is 0.165 e. The van der Waals surface area contributed by atoms with Crippen LogP contribution >= 0.6 is 0 Å². The van der Waals surface area contributed by atoms with Crippen LogP contribution in [0.4, 0.5) is 5.69 Å². The smallest absolute Gasteiger partial charge is 0.165 e. The van der Waals surface area contributed by atoms with Crippen molar-refractivity contribution in [3.8, 4) is 0 Å². The number of hydrogen-bond acceptors (Lipinski definition) is 3. The summed E-state index contributed by atoms with van der Waals surface area (Å²) in [5, 5.41) is 3.63. The second kappa shape index (κ2) is 1.54. The van der Waals surface area contributed by atoms with Gasteiger partial charge in [-0.05, 0) is 12.8 Å². The fourth-order valence-corrected chi connectivity index (χ4v) is 1.12. The Labute approximate surface area is 59.2 Å². The predicted molar refractivity (Wildman–Crippen MR) is 37.5 cm³/mol. The Morgan fingerprint density at radius 1 is 1.70 bits per heavy atom. The van der Waals surface area contributed by atoms with Gasteiger partial charge in [0.2, 0.25) is 0 Å². The second-order valence-corrected chi connectivity index (χ2v) is 3.17. The average molecular weight is 138 g/mol. The van der Waals surface area contributed by atoms with Gasteiger partial charge in [0.15, 0.2) is 5.76 Å². The fourth-order valence-electron chi connectivity index (χ4n) is 1.12. The molecule has 10 heavy (non-hydrogen) atoms. The van der Waals surface area contributed by atoms with Crippen LogP contribution in [-0.2, 0) is 5.41 Å². The molecule has 1 heterocycles. The zero-order valence-corrected chi connectivity index (χ0v) is 5.92. The first-order valence-corrected chi connectivity index (χ1v) is 3.43. The van der Waals surface area contributed by atoms with Gasteiger partial charge in [-0.1, -0.05) is 12.1 Å². The summed E-state index contributed by atoms with van der Waals surface area (Å²) in [5.41, 5.74) is 6.51. The largest absolute Gasteiger partial charge is 0.395 e. The minimum atomic E-state index is 0.209. The molecule has 0 bridgehead atoms. The molecular formula is C7H10N2O. The number of hydrogen-bond donors (Lipinski definition) is 1. The van der Waals surface area contributed by atoms with Crippen molar-refractivity contribution in [2.45, 2.75) is 25.2 Å². The third kappa shape index (κ3) is 0.632. The van der Waals surface area contributed by atoms with Gasteiger partial charge in [-0.25, -0.2) is 0 Å². The van der Waals surface area contributed by atoms with E-state index in [9.17, 15) is 0 Å². The van der Waals surface area contributed by atoms with Crippen LogP contribution in [0.5, 0.6) is 0 Å². The molecule has 0 amide bonds. The zero-order valence-electron chi connectivity index (χ0n) is 5.92. The molecule has 54 valence electrons. The Morgan fingerprint density at radius 3 is 2.80 bits per heavy atom. The summed E-state index contributed by atoms with van der Waals surface area (Å²) in [4.78, 5) is 0. The van der Waals surface area contributed by atoms with Crippen molar-refractivity contribution in [3.05, 3.63) is 12.0 Å². The molecule has 3 heteroatoms. The lowest BCUT2D eigenvalue weighted by Gasteiger charge is -2.01. The molecule has 1 aromatic rings. The first-order valence-electron chi connectivity index (χ1n) is 3.43. The van der Waals surface area contributed by atoms with Crippen molar-refractivity contribution >= 4 is 5.69 Å². The molecule has 2 rings (SSSR count). The second-order valence-electron chi connectivity index (χ2n) is 3.17. The predicted octanol–water partition coefficient (Wildman–Crippen LogP) is 1.31. The summed E-state index contributed by atoms with van der Waals surface area (Å²) in [6.45, 7) is 2.14. The number of aromatic nitrogens is 1. The minimum Gasteiger partial charge on any atom is -0.395 e. The lowest BCUT2D eigenvalue weighted by atomic mass is 10.1. The van der Waals surface area contributed by atoms with E-state index >= 15 is 0 Å². The molecule has 0 spiro atoms. The molecule has 1 aliphatic rings. The van der Waals surface area contributed by atoms with Crippen molar-refractivity contribution in [2.24, 2.45) is 0 Å². The molecule has 3 nitrogen and oxygen atoms in total. The van der Waals surface area contributed by atoms with Gasteiger partial charge in [0, 0.05) is 5.41 Å². The average Bonchev–Trinajstić information content (AvgIpc) is 2.44. The number of nitrogen functional groups attached to an aromatic ring is 1. The van der Waals surface area contributed by atoms with Crippen LogP contribution < -0.4 is 5.73 Å². The standard InChI is InChI=1S/C7H10N2O/c1-7(2-3-7)6-5(8)4-9-10-6/h4H,2-3,8H2,1H3. The first-order chi connectivity index (χ1) is 4.72. The van der Waals surface area contributed by atoms with Crippen LogP contribution in [0.1, 0.15) is 25.5 Å². The Balaban J connectivity index is 2.42. The van der Waals surface area contributed by atoms with E-state index in [0.717, 1.165) is 5.76 Å².